The van der Waals surface area contributed by atoms with Gasteiger partial charge in [-0.15, -0.1) is 0 Å². The van der Waals surface area contributed by atoms with Gasteiger partial charge >= 0.3 is 0 Å². The lowest BCUT2D eigenvalue weighted by Crippen LogP contribution is -2.45. The zero-order chi connectivity index (χ0) is 90.9. The molecule has 12 aromatic carbocycles. The summed E-state index contributed by atoms with van der Waals surface area (Å²) < 4.78 is 33.9. The molecule has 0 spiro atoms. The van der Waals surface area contributed by atoms with E-state index in [1.165, 1.54) is 216 Å². The number of aryl methyl sites for hydroxylation is 17. The first kappa shape index (κ1) is 80.7. The monoisotopic (exact) mass is 1630 g/mol. The Morgan fingerprint density at radius 1 is 0.234 bits per heavy atom. The summed E-state index contributed by atoms with van der Waals surface area (Å²) >= 11 is 0. The van der Waals surface area contributed by atoms with Gasteiger partial charge < -0.3 is 0 Å². The number of fused-ring (bicyclic) bond motifs is 19. The van der Waals surface area contributed by atoms with Gasteiger partial charge in [0.15, 0.2) is 24.8 Å². The minimum Gasteiger partial charge on any atom is -0.201 e. The van der Waals surface area contributed by atoms with E-state index < -0.39 is 6.85 Å². The molecule has 20 rings (SSSR count). The Hall–Kier alpha value is -11.7. The number of aromatic nitrogens is 4. The van der Waals surface area contributed by atoms with Crippen LogP contribution in [0.2, 0.25) is 0 Å². The van der Waals surface area contributed by atoms with Crippen molar-refractivity contribution in [1.82, 2.24) is 0 Å². The molecular formula is C120H128N4+4. The lowest BCUT2D eigenvalue weighted by molar-refractivity contribution is -0.660. The van der Waals surface area contributed by atoms with Gasteiger partial charge in [-0.3, -0.25) is 0 Å². The summed E-state index contributed by atoms with van der Waals surface area (Å²) in [5, 5.41) is 10.00. The molecule has 4 heterocycles. The van der Waals surface area contributed by atoms with Crippen LogP contribution in [-0.2, 0) is 73.5 Å². The van der Waals surface area contributed by atoms with Crippen molar-refractivity contribution >= 4 is 43.1 Å². The van der Waals surface area contributed by atoms with E-state index in [4.69, 9.17) is 4.11 Å². The first-order chi connectivity index (χ1) is 59.8. The van der Waals surface area contributed by atoms with Gasteiger partial charge in [0.1, 0.15) is 28.2 Å². The van der Waals surface area contributed by atoms with Crippen molar-refractivity contribution in [1.29, 1.82) is 0 Å². The van der Waals surface area contributed by atoms with Gasteiger partial charge in [-0.25, -0.2) is 18.3 Å². The smallest absolute Gasteiger partial charge is 0.201 e. The van der Waals surface area contributed by atoms with Gasteiger partial charge in [0.2, 0.25) is 22.8 Å². The van der Waals surface area contributed by atoms with Crippen LogP contribution in [0.3, 0.4) is 0 Å². The Bertz CT molecular complexity index is 7290. The average molecular weight is 1630 g/mol. The Morgan fingerprint density at radius 3 is 1.21 bits per heavy atom. The second-order valence-electron chi connectivity index (χ2n) is 40.6. The summed E-state index contributed by atoms with van der Waals surface area (Å²) in [5.74, 6) is 0. The largest absolute Gasteiger partial charge is 0.213 e. The maximum absolute atomic E-state index is 8.33. The number of rotatable bonds is 4. The molecule has 0 saturated heterocycles. The second-order valence-corrected chi connectivity index (χ2v) is 40.6. The molecule has 4 aliphatic carbocycles. The summed E-state index contributed by atoms with van der Waals surface area (Å²) in [5.41, 5.74) is 46.7. The predicted octanol–water partition coefficient (Wildman–Crippen LogP) is 28.5. The molecule has 4 heteroatoms. The molecule has 0 bridgehead atoms. The van der Waals surface area contributed by atoms with E-state index in [1.807, 2.05) is 24.3 Å². The molecule has 0 radical (unpaired) electrons. The van der Waals surface area contributed by atoms with Crippen LogP contribution in [-0.4, -0.2) is 0 Å². The Kier molecular flexibility index (Phi) is 19.9. The Balaban J connectivity index is 0.000000120. The topological polar surface area (TPSA) is 15.5 Å². The Labute approximate surface area is 744 Å². The summed E-state index contributed by atoms with van der Waals surface area (Å²) in [7, 11) is 8.54. The van der Waals surface area contributed by atoms with Crippen molar-refractivity contribution in [3.8, 4) is 89.5 Å². The van der Waals surface area contributed by atoms with Gasteiger partial charge in [0.05, 0.1) is 11.1 Å². The zero-order valence-electron chi connectivity index (χ0n) is 81.8. The van der Waals surface area contributed by atoms with Crippen LogP contribution in [0.4, 0.5) is 0 Å². The summed E-state index contributed by atoms with van der Waals surface area (Å²) in [6, 6.07) is 81.5. The van der Waals surface area contributed by atoms with E-state index in [2.05, 4.69) is 425 Å². The maximum Gasteiger partial charge on any atom is 0.213 e. The molecule has 4 aliphatic rings. The third kappa shape index (κ3) is 13.7. The molecule has 16 aromatic rings. The quantitative estimate of drug-likeness (QED) is 0.156. The number of benzene rings is 12. The standard InChI is InChI=1S/3C31H34N.C27H26N/c1-19-9-11-23-22(15-19)10-12-26-29(23)25-18-24(28-16-20(2)13-14-32(28)8)21(3)17-27(25)31(6,7)30(26,4)5;1-19-9-10-22-16-25-26-18-24(29-14-20(2)11-12-32(29)8)21(3)15-27(26)30(4,5)31(6,7)28(25)17-23(22)13-19;1-19-15-16-32(8)26(17-19)27-20(2)13-14-24-25-18-21(3)22-11-9-10-12-23(22)28(25)30(4,5)31(6,7)29(24)27;1-17-5-8-21-20(15-17)7-10-23-22(21)11-12-25-24(23)9-6-19(3)27(25)26-16-18(2)13-14-28(26)4/h3*9-18H,1-8H3;5-10,13-16H,11-12H2,1-4H3/q4*+1/i;;3D3;. The highest BCUT2D eigenvalue weighted by Gasteiger charge is 2.51. The average Bonchev–Trinajstić information content (AvgIpc) is 0.693. The van der Waals surface area contributed by atoms with Gasteiger partial charge in [-0.05, 0) is 324 Å². The molecule has 124 heavy (non-hydrogen) atoms. The fraction of sp³-hybridized carbons (Fsp3) is 0.300. The first-order valence-electron chi connectivity index (χ1n) is 46.4. The molecule has 0 fully saturated rings. The molecule has 0 amide bonds. The molecule has 0 atom stereocenters. The van der Waals surface area contributed by atoms with Crippen molar-refractivity contribution in [2.45, 2.75) is 211 Å². The van der Waals surface area contributed by atoms with E-state index >= 15 is 0 Å². The van der Waals surface area contributed by atoms with Crippen LogP contribution >= 0.6 is 0 Å². The first-order valence-corrected chi connectivity index (χ1v) is 44.9. The molecule has 0 saturated carbocycles. The lowest BCUT2D eigenvalue weighted by atomic mass is 9.53. The highest BCUT2D eigenvalue weighted by atomic mass is 14.9. The number of nitrogens with zero attached hydrogens (tertiary/aromatic N) is 4. The van der Waals surface area contributed by atoms with Crippen LogP contribution in [0, 0.1) is 83.0 Å². The van der Waals surface area contributed by atoms with E-state index in [0.29, 0.717) is 5.56 Å². The van der Waals surface area contributed by atoms with Crippen molar-refractivity contribution in [3.63, 3.8) is 0 Å². The fourth-order valence-corrected chi connectivity index (χ4v) is 21.6. The number of hydrogen-bond donors (Lipinski definition) is 0. The van der Waals surface area contributed by atoms with Crippen LogP contribution in [0.1, 0.15) is 198 Å². The molecule has 0 unspecified atom stereocenters. The molecule has 0 N–H and O–H groups in total. The van der Waals surface area contributed by atoms with Crippen LogP contribution in [0.25, 0.3) is 133 Å². The summed E-state index contributed by atoms with van der Waals surface area (Å²) in [4.78, 5) is 0. The highest BCUT2D eigenvalue weighted by molar-refractivity contribution is 6.04. The van der Waals surface area contributed by atoms with Crippen molar-refractivity contribution in [2.24, 2.45) is 28.2 Å². The normalized spacial score (nSPS) is 15.7. The molecule has 0 aliphatic heterocycles. The van der Waals surface area contributed by atoms with Crippen LogP contribution in [0.15, 0.2) is 243 Å². The molecular weight excluding hydrogens is 1500 g/mol. The second kappa shape index (κ2) is 30.6. The minimum absolute atomic E-state index is 0.0188. The zero-order valence-corrected chi connectivity index (χ0v) is 78.8. The van der Waals surface area contributed by atoms with Crippen LogP contribution in [0.5, 0.6) is 0 Å². The molecule has 4 nitrogen and oxygen atoms in total. The minimum atomic E-state index is -2.19. The van der Waals surface area contributed by atoms with Gasteiger partial charge in [0.25, 0.3) is 0 Å². The van der Waals surface area contributed by atoms with E-state index in [1.54, 1.807) is 0 Å². The van der Waals surface area contributed by atoms with Crippen LogP contribution < -0.4 is 18.3 Å². The van der Waals surface area contributed by atoms with E-state index in [9.17, 15) is 0 Å². The predicted molar refractivity (Wildman–Crippen MR) is 526 cm³/mol. The van der Waals surface area contributed by atoms with Gasteiger partial charge in [-0.2, -0.15) is 0 Å². The van der Waals surface area contributed by atoms with Gasteiger partial charge in [0, 0.05) is 74.6 Å². The van der Waals surface area contributed by atoms with E-state index in [0.717, 1.165) is 34.7 Å². The third-order valence-electron chi connectivity index (χ3n) is 31.0. The Morgan fingerprint density at radius 2 is 0.637 bits per heavy atom. The summed E-state index contributed by atoms with van der Waals surface area (Å²) in [6.07, 6.45) is 10.8. The molecule has 4 aromatic heterocycles. The maximum atomic E-state index is 8.33. The highest BCUT2D eigenvalue weighted by Crippen LogP contribution is 2.61. The van der Waals surface area contributed by atoms with Gasteiger partial charge in [-0.1, -0.05) is 245 Å². The van der Waals surface area contributed by atoms with E-state index in [-0.39, 0.29) is 32.5 Å². The number of pyridine rings is 4. The number of hydrogen-bond acceptors (Lipinski definition) is 0. The SMILES string of the molecule is Cc1cc[n+](C)c(-c2c(C)ccc3c2CCc2c-3ccc3cc(C)ccc23)c1.Cc1cc[n+](C)c(-c2cc3c(cc2C)C(C)(C)C(C)(C)c2cc4cc(C)ccc4cc2-3)c1.Cc1cc[n+](C)c(-c2cc3c(cc2C)C(C)(C)C(C)(C)c2ccc4cc(C)ccc4c2-3)c1.[2H]C([2H])([2H])c1cc2c(c3ccccc13)C(C)(C)C(C)(C)c1c-2ccc(C)c1-c1cc(C)cc[n+]1C. The molecule has 624 valence electrons. The van der Waals surface area contributed by atoms with Crippen molar-refractivity contribution in [3.05, 3.63) is 354 Å². The fourth-order valence-electron chi connectivity index (χ4n) is 21.6. The third-order valence-corrected chi connectivity index (χ3v) is 31.0. The summed E-state index contributed by atoms with van der Waals surface area (Å²) in [6.45, 7) is 50.6. The lowest BCUT2D eigenvalue weighted by Gasteiger charge is -2.49. The van der Waals surface area contributed by atoms with Crippen molar-refractivity contribution < 1.29 is 22.4 Å². The van der Waals surface area contributed by atoms with Crippen molar-refractivity contribution in [2.75, 3.05) is 0 Å².